The van der Waals surface area contributed by atoms with Gasteiger partial charge in [-0.15, -0.1) is 11.3 Å². The number of amides is 2. The number of hydrogen-bond donors (Lipinski definition) is 2. The Hall–Kier alpha value is -3.17. The summed E-state index contributed by atoms with van der Waals surface area (Å²) >= 11 is 1.29. The van der Waals surface area contributed by atoms with Crippen molar-refractivity contribution in [3.8, 4) is 0 Å². The molecule has 0 atom stereocenters. The molecule has 0 radical (unpaired) electrons. The lowest BCUT2D eigenvalue weighted by molar-refractivity contribution is -0.129. The number of hydrogen-bond acceptors (Lipinski definition) is 7. The van der Waals surface area contributed by atoms with Crippen LogP contribution >= 0.6 is 11.3 Å². The molecule has 0 bridgehead atoms. The molecule has 0 saturated carbocycles. The van der Waals surface area contributed by atoms with Crippen molar-refractivity contribution in [2.75, 3.05) is 49.2 Å². The number of methoxy groups -OCH3 is 1. The lowest BCUT2D eigenvalue weighted by atomic mass is 10.1. The van der Waals surface area contributed by atoms with Gasteiger partial charge >= 0.3 is 0 Å². The van der Waals surface area contributed by atoms with Crippen LogP contribution in [0.5, 0.6) is 0 Å². The van der Waals surface area contributed by atoms with Crippen LogP contribution in [0.2, 0.25) is 0 Å². The summed E-state index contributed by atoms with van der Waals surface area (Å²) in [5.41, 5.74) is 10.3. The minimum atomic E-state index is -0.255. The molecule has 168 valence electrons. The van der Waals surface area contributed by atoms with Crippen LogP contribution in [0.25, 0.3) is 10.2 Å². The number of piperazine rings is 1. The molecule has 2 amide bonds. The lowest BCUT2D eigenvalue weighted by Crippen LogP contribution is -2.48. The predicted octanol–water partition coefficient (Wildman–Crippen LogP) is 3.25. The van der Waals surface area contributed by atoms with E-state index in [4.69, 9.17) is 10.5 Å². The maximum atomic E-state index is 13.0. The number of ether oxygens (including phenoxy) is 1. The molecule has 1 aliphatic rings. The fourth-order valence-corrected chi connectivity index (χ4v) is 5.08. The van der Waals surface area contributed by atoms with Gasteiger partial charge in [-0.05, 0) is 42.8 Å². The number of thiophene rings is 1. The summed E-state index contributed by atoms with van der Waals surface area (Å²) in [4.78, 5) is 34.3. The number of carbonyl (C=O) groups excluding carboxylic acids is 2. The maximum absolute atomic E-state index is 13.0. The number of nitrogen functional groups attached to an aromatic ring is 1. The molecule has 8 nitrogen and oxygen atoms in total. The molecule has 2 aromatic heterocycles. The van der Waals surface area contributed by atoms with E-state index in [9.17, 15) is 9.59 Å². The summed E-state index contributed by atoms with van der Waals surface area (Å²) in [6.07, 6.45) is 0. The Bertz CT molecular complexity index is 1150. The SMILES string of the molecule is COCc1cc(C)nc2sc(C(=O)Nc3ccc(N4CCN(C(C)=O)CC4)cc3)c(N)c12. The molecule has 3 heterocycles. The van der Waals surface area contributed by atoms with Gasteiger partial charge in [-0.3, -0.25) is 9.59 Å². The van der Waals surface area contributed by atoms with Crippen molar-refractivity contribution in [2.24, 2.45) is 0 Å². The molecular weight excluding hydrogens is 426 g/mol. The number of rotatable bonds is 5. The zero-order valence-electron chi connectivity index (χ0n) is 18.5. The highest BCUT2D eigenvalue weighted by molar-refractivity contribution is 7.21. The van der Waals surface area contributed by atoms with Crippen LogP contribution in [0.3, 0.4) is 0 Å². The molecule has 3 aromatic rings. The van der Waals surface area contributed by atoms with Crippen LogP contribution in [0.15, 0.2) is 30.3 Å². The third-order valence-electron chi connectivity index (χ3n) is 5.63. The molecule has 0 aliphatic carbocycles. The van der Waals surface area contributed by atoms with Crippen molar-refractivity contribution in [3.63, 3.8) is 0 Å². The van der Waals surface area contributed by atoms with Crippen molar-refractivity contribution in [1.82, 2.24) is 9.88 Å². The van der Waals surface area contributed by atoms with Gasteiger partial charge in [-0.2, -0.15) is 0 Å². The Morgan fingerprint density at radius 1 is 1.19 bits per heavy atom. The van der Waals surface area contributed by atoms with Crippen LogP contribution in [0.1, 0.15) is 27.9 Å². The first-order chi connectivity index (χ1) is 15.4. The van der Waals surface area contributed by atoms with Gasteiger partial charge in [-0.1, -0.05) is 0 Å². The Labute approximate surface area is 191 Å². The number of aromatic nitrogens is 1. The summed E-state index contributed by atoms with van der Waals surface area (Å²) in [5, 5.41) is 3.72. The van der Waals surface area contributed by atoms with Gasteiger partial charge in [0.25, 0.3) is 5.91 Å². The number of carbonyl (C=O) groups is 2. The van der Waals surface area contributed by atoms with E-state index in [1.165, 1.54) is 11.3 Å². The highest BCUT2D eigenvalue weighted by Crippen LogP contribution is 2.36. The number of aryl methyl sites for hydroxylation is 1. The molecule has 32 heavy (non-hydrogen) atoms. The third kappa shape index (κ3) is 4.39. The zero-order chi connectivity index (χ0) is 22.8. The van der Waals surface area contributed by atoms with Crippen molar-refractivity contribution in [1.29, 1.82) is 0 Å². The normalized spacial score (nSPS) is 14.1. The van der Waals surface area contributed by atoms with E-state index in [0.717, 1.165) is 53.3 Å². The molecule has 4 rings (SSSR count). The summed E-state index contributed by atoms with van der Waals surface area (Å²) in [7, 11) is 1.63. The minimum Gasteiger partial charge on any atom is -0.397 e. The summed E-state index contributed by atoms with van der Waals surface area (Å²) < 4.78 is 5.29. The molecule has 1 aliphatic heterocycles. The largest absolute Gasteiger partial charge is 0.397 e. The second-order valence-corrected chi connectivity index (χ2v) is 8.87. The van der Waals surface area contributed by atoms with E-state index in [1.807, 2.05) is 42.2 Å². The Balaban J connectivity index is 1.49. The first kappa shape index (κ1) is 22.0. The molecule has 9 heteroatoms. The average molecular weight is 454 g/mol. The highest BCUT2D eigenvalue weighted by Gasteiger charge is 2.21. The maximum Gasteiger partial charge on any atom is 0.267 e. The van der Waals surface area contributed by atoms with E-state index < -0.39 is 0 Å². The van der Waals surface area contributed by atoms with Gasteiger partial charge in [0, 0.05) is 62.7 Å². The molecule has 0 spiro atoms. The van der Waals surface area contributed by atoms with Crippen molar-refractivity contribution in [2.45, 2.75) is 20.5 Å². The topological polar surface area (TPSA) is 101 Å². The number of benzene rings is 1. The van der Waals surface area contributed by atoms with Gasteiger partial charge < -0.3 is 25.6 Å². The molecule has 0 unspecified atom stereocenters. The van der Waals surface area contributed by atoms with Crippen LogP contribution < -0.4 is 16.0 Å². The molecule has 1 saturated heterocycles. The number of anilines is 3. The number of nitrogens with two attached hydrogens (primary N) is 1. The second-order valence-electron chi connectivity index (χ2n) is 7.87. The third-order valence-corrected chi connectivity index (χ3v) is 6.73. The average Bonchev–Trinajstić information content (AvgIpc) is 3.11. The van der Waals surface area contributed by atoms with Gasteiger partial charge in [-0.25, -0.2) is 4.98 Å². The van der Waals surface area contributed by atoms with Crippen molar-refractivity contribution >= 4 is 50.4 Å². The van der Waals surface area contributed by atoms with Crippen LogP contribution in [0, 0.1) is 6.92 Å². The standard InChI is InChI=1S/C23H27N5O3S/c1-14-12-16(13-31-3)19-20(24)21(32-23(19)25-14)22(30)26-17-4-6-18(7-5-17)28-10-8-27(9-11-28)15(2)29/h4-7,12H,8-11,13,24H2,1-3H3,(H,26,30). The second kappa shape index (κ2) is 9.13. The zero-order valence-corrected chi connectivity index (χ0v) is 19.3. The Morgan fingerprint density at radius 2 is 1.88 bits per heavy atom. The molecule has 1 aromatic carbocycles. The first-order valence-electron chi connectivity index (χ1n) is 10.5. The summed E-state index contributed by atoms with van der Waals surface area (Å²) in [6.45, 7) is 6.95. The summed E-state index contributed by atoms with van der Waals surface area (Å²) in [5.74, 6) is -0.141. The predicted molar refractivity (Wildman–Crippen MR) is 128 cm³/mol. The van der Waals surface area contributed by atoms with E-state index >= 15 is 0 Å². The van der Waals surface area contributed by atoms with Gasteiger partial charge in [0.05, 0.1) is 12.3 Å². The Morgan fingerprint density at radius 3 is 2.50 bits per heavy atom. The number of pyridine rings is 1. The molecular formula is C23H27N5O3S. The van der Waals surface area contributed by atoms with E-state index in [1.54, 1.807) is 14.0 Å². The lowest BCUT2D eigenvalue weighted by Gasteiger charge is -2.35. The number of fused-ring (bicyclic) bond motifs is 1. The van der Waals surface area contributed by atoms with E-state index in [2.05, 4.69) is 15.2 Å². The monoisotopic (exact) mass is 453 g/mol. The molecule has 1 fully saturated rings. The van der Waals surface area contributed by atoms with Crippen molar-refractivity contribution < 1.29 is 14.3 Å². The smallest absolute Gasteiger partial charge is 0.267 e. The number of nitrogens with one attached hydrogen (secondary N) is 1. The van der Waals surface area contributed by atoms with Crippen molar-refractivity contribution in [3.05, 3.63) is 46.5 Å². The van der Waals surface area contributed by atoms with Gasteiger partial charge in [0.1, 0.15) is 9.71 Å². The fraction of sp³-hybridized carbons (Fsp3) is 0.348. The van der Waals surface area contributed by atoms with Crippen LogP contribution in [-0.2, 0) is 16.1 Å². The van der Waals surface area contributed by atoms with Crippen LogP contribution in [-0.4, -0.2) is 55.0 Å². The minimum absolute atomic E-state index is 0.114. The van der Waals surface area contributed by atoms with E-state index in [0.29, 0.717) is 22.9 Å². The summed E-state index contributed by atoms with van der Waals surface area (Å²) in [6, 6.07) is 9.66. The number of nitrogens with zero attached hydrogens (tertiary/aromatic N) is 3. The van der Waals surface area contributed by atoms with E-state index in [-0.39, 0.29) is 11.8 Å². The first-order valence-corrected chi connectivity index (χ1v) is 11.3. The quantitative estimate of drug-likeness (QED) is 0.615. The Kier molecular flexibility index (Phi) is 6.29. The van der Waals surface area contributed by atoms with Crippen LogP contribution in [0.4, 0.5) is 17.1 Å². The molecule has 3 N–H and O–H groups in total. The highest BCUT2D eigenvalue weighted by atomic mass is 32.1. The van der Waals surface area contributed by atoms with Gasteiger partial charge in [0.15, 0.2) is 0 Å². The fourth-order valence-electron chi connectivity index (χ4n) is 4.00. The van der Waals surface area contributed by atoms with Gasteiger partial charge in [0.2, 0.25) is 5.91 Å².